The Hall–Kier alpha value is -1.29. The molecule has 0 saturated carbocycles. The Labute approximate surface area is 111 Å². The Morgan fingerprint density at radius 2 is 1.63 bits per heavy atom. The van der Waals surface area contributed by atoms with Crippen LogP contribution in [0, 0.1) is 11.6 Å². The van der Waals surface area contributed by atoms with Crippen LogP contribution in [0.5, 0.6) is 0 Å². The molecule has 2 fully saturated rings. The zero-order valence-corrected chi connectivity index (χ0v) is 10.7. The first-order valence-corrected chi connectivity index (χ1v) is 6.84. The van der Waals surface area contributed by atoms with Gasteiger partial charge in [0, 0.05) is 37.5 Å². The first kappa shape index (κ1) is 12.7. The van der Waals surface area contributed by atoms with E-state index in [2.05, 4.69) is 4.90 Å². The van der Waals surface area contributed by atoms with Crippen LogP contribution in [0.25, 0.3) is 0 Å². The van der Waals surface area contributed by atoms with E-state index in [1.807, 2.05) is 0 Å². The lowest BCUT2D eigenvalue weighted by Gasteiger charge is -2.33. The van der Waals surface area contributed by atoms with Crippen LogP contribution in [-0.2, 0) is 11.2 Å². The largest absolute Gasteiger partial charge is 0.300 e. The number of Topliss-reactive ketones (excluding diaryl/α,β-unsaturated/α-hetero) is 1. The van der Waals surface area contributed by atoms with Crippen molar-refractivity contribution < 1.29 is 13.6 Å². The summed E-state index contributed by atoms with van der Waals surface area (Å²) in [6.45, 7) is 0.783. The Morgan fingerprint density at radius 1 is 1.05 bits per heavy atom. The van der Waals surface area contributed by atoms with Crippen LogP contribution in [0.3, 0.4) is 0 Å². The third-order valence-corrected chi connectivity index (χ3v) is 4.28. The third-order valence-electron chi connectivity index (χ3n) is 4.28. The molecule has 3 rings (SSSR count). The van der Waals surface area contributed by atoms with E-state index in [1.54, 1.807) is 0 Å². The maximum absolute atomic E-state index is 13.1. The number of nitrogens with zero attached hydrogens (tertiary/aromatic N) is 1. The predicted octanol–water partition coefficient (Wildman–Crippen LogP) is 2.70. The first-order chi connectivity index (χ1) is 9.11. The van der Waals surface area contributed by atoms with Crippen molar-refractivity contribution in [2.24, 2.45) is 0 Å². The molecule has 0 aliphatic carbocycles. The summed E-state index contributed by atoms with van der Waals surface area (Å²) in [5, 5.41) is 0. The maximum Gasteiger partial charge on any atom is 0.136 e. The fraction of sp³-hybridized carbons (Fsp3) is 0.533. The lowest BCUT2D eigenvalue weighted by molar-refractivity contribution is -0.123. The van der Waals surface area contributed by atoms with Crippen molar-refractivity contribution in [1.29, 1.82) is 0 Å². The van der Waals surface area contributed by atoms with Crippen LogP contribution >= 0.6 is 0 Å². The van der Waals surface area contributed by atoms with Crippen molar-refractivity contribution in [1.82, 2.24) is 4.90 Å². The lowest BCUT2D eigenvalue weighted by Crippen LogP contribution is -2.44. The van der Waals surface area contributed by atoms with E-state index in [0.717, 1.165) is 25.5 Å². The van der Waals surface area contributed by atoms with Crippen LogP contribution in [-0.4, -0.2) is 29.3 Å². The number of rotatable bonds is 3. The predicted molar refractivity (Wildman–Crippen MR) is 67.8 cm³/mol. The van der Waals surface area contributed by atoms with Gasteiger partial charge in [-0.1, -0.05) is 0 Å². The van der Waals surface area contributed by atoms with Gasteiger partial charge in [-0.3, -0.25) is 9.69 Å². The molecule has 2 atom stereocenters. The molecule has 102 valence electrons. The summed E-state index contributed by atoms with van der Waals surface area (Å²) < 4.78 is 26.2. The molecule has 2 saturated heterocycles. The molecule has 4 heteroatoms. The molecule has 2 aliphatic rings. The minimum absolute atomic E-state index is 0.352. The number of hydrogen-bond donors (Lipinski definition) is 0. The summed E-state index contributed by atoms with van der Waals surface area (Å²) >= 11 is 0. The Balaban J connectivity index is 1.65. The van der Waals surface area contributed by atoms with Crippen molar-refractivity contribution in [2.75, 3.05) is 6.54 Å². The van der Waals surface area contributed by atoms with Gasteiger partial charge in [0.15, 0.2) is 0 Å². The summed E-state index contributed by atoms with van der Waals surface area (Å²) in [5.74, 6) is -0.681. The highest BCUT2D eigenvalue weighted by molar-refractivity contribution is 5.80. The molecule has 0 aromatic heterocycles. The highest BCUT2D eigenvalue weighted by Crippen LogP contribution is 2.33. The topological polar surface area (TPSA) is 20.3 Å². The second-order valence-electron chi connectivity index (χ2n) is 5.60. The number of ketones is 1. The van der Waals surface area contributed by atoms with Crippen LogP contribution in [0.1, 0.15) is 31.2 Å². The number of fused-ring (bicyclic) bond motifs is 2. The van der Waals surface area contributed by atoms with Crippen LogP contribution in [0.2, 0.25) is 0 Å². The van der Waals surface area contributed by atoms with Crippen molar-refractivity contribution >= 4 is 5.78 Å². The number of hydrogen-bond acceptors (Lipinski definition) is 2. The Kier molecular flexibility index (Phi) is 3.35. The van der Waals surface area contributed by atoms with Crippen molar-refractivity contribution in [2.45, 2.75) is 44.2 Å². The van der Waals surface area contributed by atoms with E-state index >= 15 is 0 Å². The van der Waals surface area contributed by atoms with Crippen molar-refractivity contribution in [3.05, 3.63) is 35.4 Å². The van der Waals surface area contributed by atoms with Gasteiger partial charge < -0.3 is 0 Å². The second kappa shape index (κ2) is 5.00. The zero-order chi connectivity index (χ0) is 13.4. The molecule has 19 heavy (non-hydrogen) atoms. The summed E-state index contributed by atoms with van der Waals surface area (Å²) in [6, 6.07) is 4.38. The van der Waals surface area contributed by atoms with Crippen molar-refractivity contribution in [3.63, 3.8) is 0 Å². The lowest BCUT2D eigenvalue weighted by atomic mass is 10.0. The Bertz CT molecular complexity index is 467. The van der Waals surface area contributed by atoms with E-state index in [0.29, 0.717) is 42.7 Å². The molecular formula is C15H17F2NO. The standard InChI is InChI=1S/C15H17F2NO/c16-11-5-10(6-12(17)7-11)3-4-18-13-1-2-14(18)9-15(19)8-13/h5-7,13-14H,1-4,8-9H2. The molecule has 1 aromatic carbocycles. The van der Waals surface area contributed by atoms with Gasteiger partial charge in [0.25, 0.3) is 0 Å². The summed E-state index contributed by atoms with van der Waals surface area (Å²) in [6.07, 6.45) is 4.08. The fourth-order valence-electron chi connectivity index (χ4n) is 3.44. The third kappa shape index (κ3) is 2.68. The summed E-state index contributed by atoms with van der Waals surface area (Å²) in [5.41, 5.74) is 0.689. The first-order valence-electron chi connectivity index (χ1n) is 6.84. The normalized spacial score (nSPS) is 26.9. The SMILES string of the molecule is O=C1CC2CCC(C1)N2CCc1cc(F)cc(F)c1. The summed E-state index contributed by atoms with van der Waals surface area (Å²) in [4.78, 5) is 13.9. The zero-order valence-electron chi connectivity index (χ0n) is 10.7. The highest BCUT2D eigenvalue weighted by atomic mass is 19.1. The van der Waals surface area contributed by atoms with E-state index in [9.17, 15) is 13.6 Å². The van der Waals surface area contributed by atoms with E-state index in [-0.39, 0.29) is 0 Å². The van der Waals surface area contributed by atoms with Crippen LogP contribution < -0.4 is 0 Å². The molecule has 2 heterocycles. The number of piperidine rings is 1. The van der Waals surface area contributed by atoms with Gasteiger partial charge in [-0.2, -0.15) is 0 Å². The molecule has 2 aliphatic heterocycles. The Morgan fingerprint density at radius 3 is 2.21 bits per heavy atom. The maximum atomic E-state index is 13.1. The number of carbonyl (C=O) groups is 1. The second-order valence-corrected chi connectivity index (χ2v) is 5.60. The average Bonchev–Trinajstić information content (AvgIpc) is 2.56. The molecule has 0 spiro atoms. The van der Waals surface area contributed by atoms with Crippen molar-refractivity contribution in [3.8, 4) is 0 Å². The van der Waals surface area contributed by atoms with Gasteiger partial charge in [-0.25, -0.2) is 8.78 Å². The average molecular weight is 265 g/mol. The quantitative estimate of drug-likeness (QED) is 0.837. The highest BCUT2D eigenvalue weighted by Gasteiger charge is 2.39. The molecule has 2 bridgehead atoms. The molecule has 2 nitrogen and oxygen atoms in total. The molecular weight excluding hydrogens is 248 g/mol. The molecule has 0 amide bonds. The van der Waals surface area contributed by atoms with Gasteiger partial charge in [0.05, 0.1) is 0 Å². The monoisotopic (exact) mass is 265 g/mol. The molecule has 2 unspecified atom stereocenters. The molecule has 0 N–H and O–H groups in total. The van der Waals surface area contributed by atoms with Crippen LogP contribution in [0.4, 0.5) is 8.78 Å². The van der Waals surface area contributed by atoms with Gasteiger partial charge >= 0.3 is 0 Å². The van der Waals surface area contributed by atoms with Gasteiger partial charge in [-0.05, 0) is 37.0 Å². The van der Waals surface area contributed by atoms with Crippen LogP contribution in [0.15, 0.2) is 18.2 Å². The van der Waals surface area contributed by atoms with Gasteiger partial charge in [-0.15, -0.1) is 0 Å². The smallest absolute Gasteiger partial charge is 0.136 e. The molecule has 1 aromatic rings. The minimum Gasteiger partial charge on any atom is -0.300 e. The van der Waals surface area contributed by atoms with E-state index < -0.39 is 11.6 Å². The van der Waals surface area contributed by atoms with E-state index in [1.165, 1.54) is 12.1 Å². The number of carbonyl (C=O) groups excluding carboxylic acids is 1. The number of halogens is 2. The minimum atomic E-state index is -0.521. The molecule has 0 radical (unpaired) electrons. The number of benzene rings is 1. The van der Waals surface area contributed by atoms with E-state index in [4.69, 9.17) is 0 Å². The van der Waals surface area contributed by atoms with Gasteiger partial charge in [0.1, 0.15) is 17.4 Å². The van der Waals surface area contributed by atoms with Gasteiger partial charge in [0.2, 0.25) is 0 Å². The fourth-order valence-corrected chi connectivity index (χ4v) is 3.44. The summed E-state index contributed by atoms with van der Waals surface area (Å²) in [7, 11) is 0.